The molecular weight excluding hydrogens is 393 g/mol. The van der Waals surface area contributed by atoms with E-state index < -0.39 is 5.82 Å². The van der Waals surface area contributed by atoms with Crippen LogP contribution >= 0.6 is 11.8 Å². The number of benzene rings is 3. The molecule has 6 nitrogen and oxygen atoms in total. The molecule has 0 aliphatic heterocycles. The fourth-order valence-corrected chi connectivity index (χ4v) is 3.21. The Morgan fingerprint density at radius 2 is 1.83 bits per heavy atom. The lowest BCUT2D eigenvalue weighted by atomic mass is 10.1. The number of anilines is 1. The molecule has 1 N–H and O–H groups in total. The fraction of sp³-hybridized carbons (Fsp3) is 0.0952. The van der Waals surface area contributed by atoms with Gasteiger partial charge in [0.1, 0.15) is 11.6 Å². The maximum Gasteiger partial charge on any atom is 0.277 e. The van der Waals surface area contributed by atoms with E-state index in [9.17, 15) is 9.18 Å². The molecule has 0 spiro atoms. The summed E-state index contributed by atoms with van der Waals surface area (Å²) in [5.41, 5.74) is 0.133. The summed E-state index contributed by atoms with van der Waals surface area (Å²) >= 11 is 1.07. The highest BCUT2D eigenvalue weighted by Crippen LogP contribution is 2.22. The van der Waals surface area contributed by atoms with Crippen LogP contribution < -0.4 is 10.1 Å². The van der Waals surface area contributed by atoms with E-state index in [-0.39, 0.29) is 29.2 Å². The first-order valence-electron chi connectivity index (χ1n) is 8.78. The van der Waals surface area contributed by atoms with E-state index >= 15 is 0 Å². The van der Waals surface area contributed by atoms with Crippen LogP contribution in [-0.2, 0) is 11.4 Å². The van der Waals surface area contributed by atoms with Gasteiger partial charge < -0.3 is 14.5 Å². The molecule has 0 aliphatic rings. The highest BCUT2D eigenvalue weighted by atomic mass is 32.2. The van der Waals surface area contributed by atoms with Gasteiger partial charge >= 0.3 is 0 Å². The Bertz CT molecular complexity index is 1150. The van der Waals surface area contributed by atoms with E-state index in [0.29, 0.717) is 11.6 Å². The predicted octanol–water partition coefficient (Wildman–Crippen LogP) is 4.67. The van der Waals surface area contributed by atoms with Gasteiger partial charge in [0, 0.05) is 0 Å². The van der Waals surface area contributed by atoms with Gasteiger partial charge in [-0.3, -0.25) is 4.79 Å². The van der Waals surface area contributed by atoms with Gasteiger partial charge in [-0.2, -0.15) is 0 Å². The van der Waals surface area contributed by atoms with Gasteiger partial charge in [-0.25, -0.2) is 4.39 Å². The first-order valence-corrected chi connectivity index (χ1v) is 9.77. The van der Waals surface area contributed by atoms with Gasteiger partial charge in [0.15, 0.2) is 6.61 Å². The number of carbonyl (C=O) groups excluding carboxylic acids is 1. The quantitative estimate of drug-likeness (QED) is 0.447. The number of amides is 1. The third-order valence-electron chi connectivity index (χ3n) is 4.01. The number of hydrogen-bond donors (Lipinski definition) is 1. The van der Waals surface area contributed by atoms with Crippen molar-refractivity contribution < 1.29 is 18.3 Å². The normalized spacial score (nSPS) is 10.8. The number of nitrogens with zero attached hydrogens (tertiary/aromatic N) is 2. The first kappa shape index (κ1) is 18.9. The van der Waals surface area contributed by atoms with E-state index in [2.05, 4.69) is 15.5 Å². The van der Waals surface area contributed by atoms with Gasteiger partial charge in [-0.05, 0) is 35.0 Å². The minimum absolute atomic E-state index is 0.0154. The fourth-order valence-electron chi connectivity index (χ4n) is 2.63. The summed E-state index contributed by atoms with van der Waals surface area (Å²) in [6, 6.07) is 19.8. The van der Waals surface area contributed by atoms with E-state index in [1.807, 2.05) is 42.5 Å². The third kappa shape index (κ3) is 4.91. The van der Waals surface area contributed by atoms with Gasteiger partial charge in [-0.1, -0.05) is 54.2 Å². The SMILES string of the molecule is O=C(CSc1nnc(COc2ccc3ccccc3c2)o1)Nc1ccccc1F. The predicted molar refractivity (Wildman–Crippen MR) is 108 cm³/mol. The Hall–Kier alpha value is -3.39. The van der Waals surface area contributed by atoms with Crippen LogP contribution in [0, 0.1) is 5.82 Å². The first-order chi connectivity index (χ1) is 14.2. The van der Waals surface area contributed by atoms with Crippen LogP contribution in [0.4, 0.5) is 10.1 Å². The molecule has 4 rings (SSSR count). The number of rotatable bonds is 7. The Morgan fingerprint density at radius 1 is 1.03 bits per heavy atom. The summed E-state index contributed by atoms with van der Waals surface area (Å²) < 4.78 is 24.7. The molecular formula is C21H16FN3O3S. The minimum Gasteiger partial charge on any atom is -0.484 e. The molecule has 1 amide bonds. The lowest BCUT2D eigenvalue weighted by Gasteiger charge is -2.05. The second-order valence-electron chi connectivity index (χ2n) is 6.08. The lowest BCUT2D eigenvalue weighted by Crippen LogP contribution is -2.14. The van der Waals surface area contributed by atoms with Crippen molar-refractivity contribution in [3.63, 3.8) is 0 Å². The van der Waals surface area contributed by atoms with Crippen molar-refractivity contribution >= 4 is 34.1 Å². The molecule has 0 unspecified atom stereocenters. The van der Waals surface area contributed by atoms with Crippen molar-refractivity contribution in [2.24, 2.45) is 0 Å². The van der Waals surface area contributed by atoms with Crippen LogP contribution in [-0.4, -0.2) is 21.9 Å². The van der Waals surface area contributed by atoms with E-state index in [4.69, 9.17) is 9.15 Å². The average molecular weight is 409 g/mol. The van der Waals surface area contributed by atoms with Crippen LogP contribution in [0.15, 0.2) is 76.4 Å². The molecule has 146 valence electrons. The molecule has 0 atom stereocenters. The largest absolute Gasteiger partial charge is 0.484 e. The summed E-state index contributed by atoms with van der Waals surface area (Å²) in [5.74, 6) is 0.154. The van der Waals surface area contributed by atoms with Crippen molar-refractivity contribution in [3.8, 4) is 5.75 Å². The van der Waals surface area contributed by atoms with Crippen molar-refractivity contribution in [1.29, 1.82) is 0 Å². The number of para-hydroxylation sites is 1. The standard InChI is InChI=1S/C21H16FN3O3S/c22-17-7-3-4-8-18(17)23-19(26)13-29-21-25-24-20(28-21)12-27-16-10-9-14-5-1-2-6-15(14)11-16/h1-11H,12-13H2,(H,23,26). The van der Waals surface area contributed by atoms with Crippen molar-refractivity contribution in [2.45, 2.75) is 11.8 Å². The zero-order valence-electron chi connectivity index (χ0n) is 15.2. The average Bonchev–Trinajstić information content (AvgIpc) is 3.20. The van der Waals surface area contributed by atoms with Gasteiger partial charge in [-0.15, -0.1) is 10.2 Å². The van der Waals surface area contributed by atoms with E-state index in [0.717, 1.165) is 22.5 Å². The molecule has 1 heterocycles. The molecule has 0 saturated heterocycles. The number of halogens is 1. The Labute approximate surface area is 170 Å². The monoisotopic (exact) mass is 409 g/mol. The van der Waals surface area contributed by atoms with Crippen molar-refractivity contribution in [3.05, 3.63) is 78.4 Å². The van der Waals surface area contributed by atoms with Crippen LogP contribution in [0.5, 0.6) is 5.75 Å². The van der Waals surface area contributed by atoms with Crippen LogP contribution in [0.3, 0.4) is 0 Å². The van der Waals surface area contributed by atoms with Gasteiger partial charge in [0.25, 0.3) is 11.1 Å². The zero-order chi connectivity index (χ0) is 20.1. The summed E-state index contributed by atoms with van der Waals surface area (Å²) in [7, 11) is 0. The number of carbonyl (C=O) groups is 1. The number of thioether (sulfide) groups is 1. The molecule has 0 aliphatic carbocycles. The van der Waals surface area contributed by atoms with Crippen LogP contribution in [0.25, 0.3) is 10.8 Å². The van der Waals surface area contributed by atoms with E-state index in [1.54, 1.807) is 12.1 Å². The number of nitrogens with one attached hydrogen (secondary N) is 1. The third-order valence-corrected chi connectivity index (χ3v) is 4.82. The highest BCUT2D eigenvalue weighted by Gasteiger charge is 2.12. The smallest absolute Gasteiger partial charge is 0.277 e. The lowest BCUT2D eigenvalue weighted by molar-refractivity contribution is -0.113. The number of ether oxygens (including phenoxy) is 1. The number of aromatic nitrogens is 2. The van der Waals surface area contributed by atoms with Crippen molar-refractivity contribution in [1.82, 2.24) is 10.2 Å². The molecule has 0 fully saturated rings. The summed E-state index contributed by atoms with van der Waals surface area (Å²) in [6.45, 7) is 0.118. The van der Waals surface area contributed by atoms with Crippen LogP contribution in [0.1, 0.15) is 5.89 Å². The zero-order valence-corrected chi connectivity index (χ0v) is 16.0. The minimum atomic E-state index is -0.489. The maximum atomic E-state index is 13.6. The second kappa shape index (κ2) is 8.74. The van der Waals surface area contributed by atoms with E-state index in [1.165, 1.54) is 12.1 Å². The summed E-state index contributed by atoms with van der Waals surface area (Å²) in [6.07, 6.45) is 0. The number of hydrogen-bond acceptors (Lipinski definition) is 6. The van der Waals surface area contributed by atoms with Gasteiger partial charge in [0.05, 0.1) is 11.4 Å². The molecule has 4 aromatic rings. The molecule has 8 heteroatoms. The van der Waals surface area contributed by atoms with Gasteiger partial charge in [0.2, 0.25) is 5.91 Å². The number of fused-ring (bicyclic) bond motifs is 1. The topological polar surface area (TPSA) is 77.2 Å². The summed E-state index contributed by atoms with van der Waals surface area (Å²) in [5, 5.41) is 12.7. The second-order valence-corrected chi connectivity index (χ2v) is 7.00. The molecule has 0 radical (unpaired) electrons. The molecule has 29 heavy (non-hydrogen) atoms. The molecule has 0 bridgehead atoms. The highest BCUT2D eigenvalue weighted by molar-refractivity contribution is 7.99. The summed E-state index contributed by atoms with van der Waals surface area (Å²) in [4.78, 5) is 11.9. The molecule has 3 aromatic carbocycles. The molecule has 0 saturated carbocycles. The van der Waals surface area contributed by atoms with Crippen LogP contribution in [0.2, 0.25) is 0 Å². The Kier molecular flexibility index (Phi) is 5.71. The van der Waals surface area contributed by atoms with Crippen molar-refractivity contribution in [2.75, 3.05) is 11.1 Å². The molecule has 1 aromatic heterocycles. The Morgan fingerprint density at radius 3 is 2.69 bits per heavy atom. The Balaban J connectivity index is 1.29. The maximum absolute atomic E-state index is 13.6.